The normalized spacial score (nSPS) is 12.8. The molecule has 0 unspecified atom stereocenters. The molecule has 1 N–H and O–H groups in total. The van der Waals surface area contributed by atoms with E-state index >= 15 is 0 Å². The first-order chi connectivity index (χ1) is 8.09. The Hall–Kier alpha value is -0.960. The Balaban J connectivity index is 2.61. The smallest absolute Gasteiger partial charge is 0.159 e. The second-order valence-corrected chi connectivity index (χ2v) is 6.72. The lowest BCUT2D eigenvalue weighted by Gasteiger charge is -2.33. The first-order valence-electron chi connectivity index (χ1n) is 6.28. The number of hydrogen-bond acceptors (Lipinski definition) is 1. The second-order valence-electron chi connectivity index (χ2n) is 6.72. The predicted octanol–water partition coefficient (Wildman–Crippen LogP) is 4.27. The van der Waals surface area contributed by atoms with Gasteiger partial charge in [-0.05, 0) is 43.4 Å². The minimum Gasteiger partial charge on any atom is -0.308 e. The summed E-state index contributed by atoms with van der Waals surface area (Å²) in [6, 6.07) is 4.02. The zero-order valence-electron chi connectivity index (χ0n) is 11.9. The van der Waals surface area contributed by atoms with Crippen LogP contribution in [-0.4, -0.2) is 5.54 Å². The van der Waals surface area contributed by atoms with Crippen LogP contribution in [0, 0.1) is 17.0 Å². The molecule has 1 nitrogen and oxygen atoms in total. The fourth-order valence-electron chi connectivity index (χ4n) is 2.38. The van der Waals surface area contributed by atoms with Crippen LogP contribution in [0.2, 0.25) is 0 Å². The van der Waals surface area contributed by atoms with Gasteiger partial charge in [0, 0.05) is 12.1 Å². The summed E-state index contributed by atoms with van der Waals surface area (Å²) in [7, 11) is 0. The van der Waals surface area contributed by atoms with Crippen LogP contribution in [0.25, 0.3) is 0 Å². The van der Waals surface area contributed by atoms with Crippen molar-refractivity contribution < 1.29 is 8.78 Å². The van der Waals surface area contributed by atoms with Gasteiger partial charge in [-0.2, -0.15) is 0 Å². The van der Waals surface area contributed by atoms with Crippen LogP contribution in [0.5, 0.6) is 0 Å². The average Bonchev–Trinajstić information content (AvgIpc) is 2.16. The molecule has 0 radical (unpaired) electrons. The highest BCUT2D eigenvalue weighted by atomic mass is 19.2. The molecule has 0 aliphatic carbocycles. The number of halogens is 2. The van der Waals surface area contributed by atoms with Crippen molar-refractivity contribution in [3.63, 3.8) is 0 Å². The van der Waals surface area contributed by atoms with Crippen molar-refractivity contribution in [1.82, 2.24) is 5.32 Å². The Morgan fingerprint density at radius 1 is 1.00 bits per heavy atom. The van der Waals surface area contributed by atoms with Crippen molar-refractivity contribution in [1.29, 1.82) is 0 Å². The van der Waals surface area contributed by atoms with Crippen molar-refractivity contribution in [3.05, 3.63) is 35.4 Å². The zero-order chi connectivity index (χ0) is 14.0. The fraction of sp³-hybridized carbons (Fsp3) is 0.600. The van der Waals surface area contributed by atoms with E-state index in [0.29, 0.717) is 6.54 Å². The van der Waals surface area contributed by atoms with Gasteiger partial charge in [0.1, 0.15) is 0 Å². The molecule has 0 aliphatic rings. The van der Waals surface area contributed by atoms with Crippen LogP contribution in [0.4, 0.5) is 8.78 Å². The summed E-state index contributed by atoms with van der Waals surface area (Å²) in [4.78, 5) is 0. The molecule has 1 rings (SSSR count). The lowest BCUT2D eigenvalue weighted by molar-refractivity contribution is 0.240. The maximum atomic E-state index is 13.1. The van der Waals surface area contributed by atoms with Crippen LogP contribution < -0.4 is 5.32 Å². The molecule has 0 bridgehead atoms. The van der Waals surface area contributed by atoms with Gasteiger partial charge in [-0.3, -0.25) is 0 Å². The molecule has 0 spiro atoms. The Morgan fingerprint density at radius 2 is 1.61 bits per heavy atom. The highest BCUT2D eigenvalue weighted by Gasteiger charge is 2.24. The third kappa shape index (κ3) is 5.13. The molecule has 1 aromatic carbocycles. The van der Waals surface area contributed by atoms with Gasteiger partial charge < -0.3 is 5.32 Å². The van der Waals surface area contributed by atoms with E-state index in [2.05, 4.69) is 39.9 Å². The molecular weight excluding hydrogens is 232 g/mol. The van der Waals surface area contributed by atoms with Crippen molar-refractivity contribution in [2.24, 2.45) is 5.41 Å². The van der Waals surface area contributed by atoms with Gasteiger partial charge >= 0.3 is 0 Å². The summed E-state index contributed by atoms with van der Waals surface area (Å²) in [5.41, 5.74) is 0.948. The zero-order valence-corrected chi connectivity index (χ0v) is 11.9. The van der Waals surface area contributed by atoms with E-state index < -0.39 is 11.6 Å². The van der Waals surface area contributed by atoms with Crippen LogP contribution in [0.1, 0.15) is 46.6 Å². The third-order valence-corrected chi connectivity index (χ3v) is 2.73. The molecule has 102 valence electrons. The van der Waals surface area contributed by atoms with E-state index in [1.807, 2.05) is 0 Å². The minimum absolute atomic E-state index is 0.0386. The Labute approximate surface area is 109 Å². The topological polar surface area (TPSA) is 12.0 Å². The summed E-state index contributed by atoms with van der Waals surface area (Å²) in [5.74, 6) is -1.59. The summed E-state index contributed by atoms with van der Waals surface area (Å²) in [5, 5.41) is 3.39. The maximum Gasteiger partial charge on any atom is 0.159 e. The molecule has 0 atom stereocenters. The summed E-state index contributed by atoms with van der Waals surface area (Å²) in [6.07, 6.45) is 1.00. The summed E-state index contributed by atoms with van der Waals surface area (Å²) in [6.45, 7) is 11.4. The minimum atomic E-state index is -0.798. The number of nitrogens with one attached hydrogen (secondary N) is 1. The maximum absolute atomic E-state index is 13.1. The van der Waals surface area contributed by atoms with Gasteiger partial charge in [-0.1, -0.05) is 26.8 Å². The second kappa shape index (κ2) is 5.35. The third-order valence-electron chi connectivity index (χ3n) is 2.73. The predicted molar refractivity (Wildman–Crippen MR) is 71.3 cm³/mol. The van der Waals surface area contributed by atoms with Crippen molar-refractivity contribution >= 4 is 0 Å². The first kappa shape index (κ1) is 15.1. The monoisotopic (exact) mass is 255 g/mol. The van der Waals surface area contributed by atoms with E-state index in [9.17, 15) is 8.78 Å². The molecule has 18 heavy (non-hydrogen) atoms. The molecule has 0 saturated heterocycles. The first-order valence-corrected chi connectivity index (χ1v) is 6.28. The molecular formula is C15H23F2N. The van der Waals surface area contributed by atoms with E-state index in [0.717, 1.165) is 12.0 Å². The van der Waals surface area contributed by atoms with E-state index in [4.69, 9.17) is 0 Å². The lowest BCUT2D eigenvalue weighted by Crippen LogP contribution is -2.41. The van der Waals surface area contributed by atoms with E-state index in [1.165, 1.54) is 12.1 Å². The van der Waals surface area contributed by atoms with Crippen molar-refractivity contribution in [2.45, 2.75) is 53.1 Å². The van der Waals surface area contributed by atoms with Crippen LogP contribution in [0.15, 0.2) is 18.2 Å². The summed E-state index contributed by atoms with van der Waals surface area (Å²) < 4.78 is 25.9. The quantitative estimate of drug-likeness (QED) is 0.847. The van der Waals surface area contributed by atoms with Crippen LogP contribution in [-0.2, 0) is 6.54 Å². The lowest BCUT2D eigenvalue weighted by atomic mass is 9.82. The molecule has 0 saturated carbocycles. The number of hydrogen-bond donors (Lipinski definition) is 1. The Bertz CT molecular complexity index is 405. The van der Waals surface area contributed by atoms with Gasteiger partial charge in [0.2, 0.25) is 0 Å². The van der Waals surface area contributed by atoms with Gasteiger partial charge in [0.15, 0.2) is 11.6 Å². The molecule has 1 aromatic rings. The SMILES string of the molecule is CC(C)(C)CC(C)(C)NCc1ccc(F)c(F)c1. The molecule has 3 heteroatoms. The van der Waals surface area contributed by atoms with Gasteiger partial charge in [-0.15, -0.1) is 0 Å². The standard InChI is InChI=1S/C15H23F2N/c1-14(2,3)10-15(4,5)18-9-11-6-7-12(16)13(17)8-11/h6-8,18H,9-10H2,1-5H3. The van der Waals surface area contributed by atoms with Crippen LogP contribution in [0.3, 0.4) is 0 Å². The molecule has 0 fully saturated rings. The Kier molecular flexibility index (Phi) is 4.49. The van der Waals surface area contributed by atoms with E-state index in [1.54, 1.807) is 6.07 Å². The van der Waals surface area contributed by atoms with E-state index in [-0.39, 0.29) is 11.0 Å². The number of benzene rings is 1. The van der Waals surface area contributed by atoms with Gasteiger partial charge in [-0.25, -0.2) is 8.78 Å². The molecule has 0 aromatic heterocycles. The number of rotatable bonds is 4. The van der Waals surface area contributed by atoms with Crippen molar-refractivity contribution in [3.8, 4) is 0 Å². The molecule has 0 aliphatic heterocycles. The summed E-state index contributed by atoms with van der Waals surface area (Å²) >= 11 is 0. The molecule has 0 amide bonds. The highest BCUT2D eigenvalue weighted by Crippen LogP contribution is 2.27. The van der Waals surface area contributed by atoms with Crippen LogP contribution >= 0.6 is 0 Å². The largest absolute Gasteiger partial charge is 0.308 e. The molecule has 0 heterocycles. The fourth-order valence-corrected chi connectivity index (χ4v) is 2.38. The average molecular weight is 255 g/mol. The van der Waals surface area contributed by atoms with Crippen molar-refractivity contribution in [2.75, 3.05) is 0 Å². The van der Waals surface area contributed by atoms with Gasteiger partial charge in [0.05, 0.1) is 0 Å². The highest BCUT2D eigenvalue weighted by molar-refractivity contribution is 5.17. The van der Waals surface area contributed by atoms with Gasteiger partial charge in [0.25, 0.3) is 0 Å². The Morgan fingerprint density at radius 3 is 2.11 bits per heavy atom.